The molecule has 10 heteroatoms. The van der Waals surface area contributed by atoms with E-state index in [0.717, 1.165) is 11.0 Å². The van der Waals surface area contributed by atoms with Crippen LogP contribution in [-0.2, 0) is 11.0 Å². The van der Waals surface area contributed by atoms with E-state index >= 15 is 0 Å². The van der Waals surface area contributed by atoms with Gasteiger partial charge in [-0.25, -0.2) is 0 Å². The van der Waals surface area contributed by atoms with Crippen molar-refractivity contribution >= 4 is 17.6 Å². The largest absolute Gasteiger partial charge is 0.481 e. The highest BCUT2D eigenvalue weighted by atomic mass is 19.4. The number of nitrogens with zero attached hydrogens (tertiary/aromatic N) is 2. The normalized spacial score (nSPS) is 18.3. The molecule has 130 valence electrons. The second-order valence-electron chi connectivity index (χ2n) is 5.42. The van der Waals surface area contributed by atoms with Crippen molar-refractivity contribution in [2.24, 2.45) is 5.92 Å². The number of aliphatic carboxylic acids is 1. The van der Waals surface area contributed by atoms with Crippen molar-refractivity contribution in [3.63, 3.8) is 0 Å². The van der Waals surface area contributed by atoms with Crippen LogP contribution in [0.3, 0.4) is 0 Å². The van der Waals surface area contributed by atoms with Crippen LogP contribution >= 0.6 is 0 Å². The topological polar surface area (TPSA) is 101 Å². The Morgan fingerprint density at radius 3 is 2.54 bits per heavy atom. The standard InChI is InChI=1S/C14H13F3N2O5/c15-14(16,17)9-3-4-10(11(6-9)19(23)24)12(20)18-5-1-2-8(7-18)13(21)22/h3-4,6,8H,1-2,5,7H2,(H,21,22)/t8-/m0/s1. The maximum atomic E-state index is 12.7. The molecule has 0 aromatic heterocycles. The summed E-state index contributed by atoms with van der Waals surface area (Å²) in [6, 6.07) is 1.67. The van der Waals surface area contributed by atoms with Crippen molar-refractivity contribution in [3.8, 4) is 0 Å². The molecule has 1 aromatic carbocycles. The second-order valence-corrected chi connectivity index (χ2v) is 5.42. The third-order valence-corrected chi connectivity index (χ3v) is 3.81. The Balaban J connectivity index is 2.35. The molecule has 1 aliphatic heterocycles. The minimum absolute atomic E-state index is 0.133. The van der Waals surface area contributed by atoms with Crippen LogP contribution in [-0.4, -0.2) is 39.9 Å². The van der Waals surface area contributed by atoms with Crippen LogP contribution in [0, 0.1) is 16.0 Å². The molecule has 7 nitrogen and oxygen atoms in total. The number of benzene rings is 1. The van der Waals surface area contributed by atoms with Crippen LogP contribution in [0.25, 0.3) is 0 Å². The fraction of sp³-hybridized carbons (Fsp3) is 0.429. The Kier molecular flexibility index (Phi) is 4.76. The predicted octanol–water partition coefficient (Wildman–Crippen LogP) is 2.55. The van der Waals surface area contributed by atoms with E-state index in [2.05, 4.69) is 0 Å². The van der Waals surface area contributed by atoms with Crippen molar-refractivity contribution in [1.29, 1.82) is 0 Å². The number of carboxylic acid groups (broad SMARTS) is 1. The first-order valence-corrected chi connectivity index (χ1v) is 6.99. The van der Waals surface area contributed by atoms with Gasteiger partial charge in [-0.1, -0.05) is 0 Å². The Bertz CT molecular complexity index is 689. The summed E-state index contributed by atoms with van der Waals surface area (Å²) in [4.78, 5) is 34.5. The molecule has 0 unspecified atom stereocenters. The number of rotatable bonds is 3. The second kappa shape index (κ2) is 6.46. The maximum Gasteiger partial charge on any atom is 0.416 e. The van der Waals surface area contributed by atoms with Gasteiger partial charge in [0.15, 0.2) is 0 Å². The number of piperidine rings is 1. The van der Waals surface area contributed by atoms with Gasteiger partial charge in [0.05, 0.1) is 16.4 Å². The first-order chi connectivity index (χ1) is 11.1. The smallest absolute Gasteiger partial charge is 0.416 e. The lowest BCUT2D eigenvalue weighted by atomic mass is 9.97. The molecule has 24 heavy (non-hydrogen) atoms. The Hall–Kier alpha value is -2.65. The molecule has 0 bridgehead atoms. The van der Waals surface area contributed by atoms with Crippen molar-refractivity contribution in [1.82, 2.24) is 4.90 Å². The molecule has 0 spiro atoms. The molecule has 0 radical (unpaired) electrons. The number of carbonyl (C=O) groups excluding carboxylic acids is 1. The zero-order chi connectivity index (χ0) is 18.1. The molecular weight excluding hydrogens is 333 g/mol. The van der Waals surface area contributed by atoms with Gasteiger partial charge >= 0.3 is 12.1 Å². The van der Waals surface area contributed by atoms with E-state index in [0.29, 0.717) is 25.0 Å². The SMILES string of the molecule is O=C(O)[C@H]1CCCN(C(=O)c2ccc(C(F)(F)F)cc2[N+](=O)[O-])C1. The van der Waals surface area contributed by atoms with Gasteiger partial charge in [0, 0.05) is 19.2 Å². The van der Waals surface area contributed by atoms with Gasteiger partial charge in [-0.3, -0.25) is 19.7 Å². The maximum absolute atomic E-state index is 12.7. The zero-order valence-corrected chi connectivity index (χ0v) is 12.2. The van der Waals surface area contributed by atoms with Gasteiger partial charge in [-0.15, -0.1) is 0 Å². The van der Waals surface area contributed by atoms with E-state index in [9.17, 15) is 32.9 Å². The van der Waals surface area contributed by atoms with Gasteiger partial charge in [-0.05, 0) is 25.0 Å². The molecular formula is C14H13F3N2O5. The number of hydrogen-bond acceptors (Lipinski definition) is 4. The number of hydrogen-bond donors (Lipinski definition) is 1. The Morgan fingerprint density at radius 1 is 1.33 bits per heavy atom. The predicted molar refractivity (Wildman–Crippen MR) is 74.4 cm³/mol. The lowest BCUT2D eigenvalue weighted by molar-refractivity contribution is -0.385. The van der Waals surface area contributed by atoms with Crippen LogP contribution < -0.4 is 0 Å². The first-order valence-electron chi connectivity index (χ1n) is 6.99. The third kappa shape index (κ3) is 3.63. The van der Waals surface area contributed by atoms with E-state index in [4.69, 9.17) is 5.11 Å². The van der Waals surface area contributed by atoms with Gasteiger partial charge in [-0.2, -0.15) is 13.2 Å². The van der Waals surface area contributed by atoms with Crippen molar-refractivity contribution in [2.75, 3.05) is 13.1 Å². The van der Waals surface area contributed by atoms with Gasteiger partial charge < -0.3 is 10.0 Å². The van der Waals surface area contributed by atoms with E-state index in [1.807, 2.05) is 0 Å². The van der Waals surface area contributed by atoms with Crippen molar-refractivity contribution in [3.05, 3.63) is 39.4 Å². The summed E-state index contributed by atoms with van der Waals surface area (Å²) in [6.07, 6.45) is -4.00. The lowest BCUT2D eigenvalue weighted by Crippen LogP contribution is -2.42. The molecule has 1 atom stereocenters. The number of carboxylic acids is 1. The summed E-state index contributed by atoms with van der Waals surface area (Å²) >= 11 is 0. The number of halogens is 3. The van der Waals surface area contributed by atoms with E-state index in [1.54, 1.807) is 0 Å². The van der Waals surface area contributed by atoms with E-state index < -0.39 is 45.7 Å². The summed E-state index contributed by atoms with van der Waals surface area (Å²) in [6.45, 7) is 0.0626. The van der Waals surface area contributed by atoms with Crippen LogP contribution in [0.4, 0.5) is 18.9 Å². The average Bonchev–Trinajstić information content (AvgIpc) is 2.52. The minimum atomic E-state index is -4.77. The molecule has 1 aromatic rings. The molecule has 1 heterocycles. The molecule has 1 amide bonds. The molecule has 1 fully saturated rings. The number of likely N-dealkylation sites (tertiary alicyclic amines) is 1. The Morgan fingerprint density at radius 2 is 2.00 bits per heavy atom. The first kappa shape index (κ1) is 17.7. The summed E-state index contributed by atoms with van der Waals surface area (Å²) in [5.41, 5.74) is -2.67. The monoisotopic (exact) mass is 346 g/mol. The van der Waals surface area contributed by atoms with Crippen molar-refractivity contribution in [2.45, 2.75) is 19.0 Å². The number of nitro benzene ring substituents is 1. The van der Waals surface area contributed by atoms with E-state index in [-0.39, 0.29) is 13.1 Å². The number of amides is 1. The fourth-order valence-electron chi connectivity index (χ4n) is 2.57. The van der Waals surface area contributed by atoms with Gasteiger partial charge in [0.1, 0.15) is 5.56 Å². The minimum Gasteiger partial charge on any atom is -0.481 e. The van der Waals surface area contributed by atoms with Crippen LogP contribution in [0.15, 0.2) is 18.2 Å². The average molecular weight is 346 g/mol. The molecule has 2 rings (SSSR count). The van der Waals surface area contributed by atoms with Crippen molar-refractivity contribution < 1.29 is 32.8 Å². The molecule has 0 saturated carbocycles. The van der Waals surface area contributed by atoms with Gasteiger partial charge in [0.25, 0.3) is 11.6 Å². The highest BCUT2D eigenvalue weighted by Gasteiger charge is 2.36. The van der Waals surface area contributed by atoms with Crippen LogP contribution in [0.1, 0.15) is 28.8 Å². The fourth-order valence-corrected chi connectivity index (χ4v) is 2.57. The summed E-state index contributed by atoms with van der Waals surface area (Å²) < 4.78 is 38.0. The molecule has 0 aliphatic carbocycles. The summed E-state index contributed by atoms with van der Waals surface area (Å²) in [5, 5.41) is 20.0. The molecule has 1 aliphatic rings. The highest BCUT2D eigenvalue weighted by Crippen LogP contribution is 2.33. The highest BCUT2D eigenvalue weighted by molar-refractivity contribution is 5.98. The summed E-state index contributed by atoms with van der Waals surface area (Å²) in [7, 11) is 0. The number of alkyl halides is 3. The van der Waals surface area contributed by atoms with Crippen LogP contribution in [0.5, 0.6) is 0 Å². The Labute approximate surface area is 133 Å². The van der Waals surface area contributed by atoms with Gasteiger partial charge in [0.2, 0.25) is 0 Å². The quantitative estimate of drug-likeness (QED) is 0.669. The zero-order valence-electron chi connectivity index (χ0n) is 12.2. The molecule has 1 N–H and O–H groups in total. The molecule has 1 saturated heterocycles. The third-order valence-electron chi connectivity index (χ3n) is 3.81. The summed E-state index contributed by atoms with van der Waals surface area (Å²) in [5.74, 6) is -2.73. The number of nitro groups is 1. The number of carbonyl (C=O) groups is 2. The lowest BCUT2D eigenvalue weighted by Gasteiger charge is -2.30. The van der Waals surface area contributed by atoms with E-state index in [1.165, 1.54) is 0 Å². The van der Waals surface area contributed by atoms with Crippen LogP contribution in [0.2, 0.25) is 0 Å².